The van der Waals surface area contributed by atoms with Gasteiger partial charge in [0, 0.05) is 5.41 Å². The Bertz CT molecular complexity index is 805. The second kappa shape index (κ2) is 13.2. The van der Waals surface area contributed by atoms with Gasteiger partial charge in [0.05, 0.1) is 27.2 Å². The molecule has 0 N–H and O–H groups in total. The van der Waals surface area contributed by atoms with Gasteiger partial charge in [-0.05, 0) is 25.0 Å². The summed E-state index contributed by atoms with van der Waals surface area (Å²) in [6.07, 6.45) is 9.16. The summed E-state index contributed by atoms with van der Waals surface area (Å²) < 4.78 is 13.0. The molecule has 176 valence electrons. The maximum Gasteiger partial charge on any atom is 0.180 e. The Morgan fingerprint density at radius 1 is 0.875 bits per heavy atom. The van der Waals surface area contributed by atoms with Gasteiger partial charge in [0.1, 0.15) is 23.1 Å². The molecule has 1 aromatic carbocycles. The van der Waals surface area contributed by atoms with E-state index >= 15 is 0 Å². The van der Waals surface area contributed by atoms with Crippen molar-refractivity contribution >= 4 is 29.3 Å². The van der Waals surface area contributed by atoms with E-state index in [1.54, 1.807) is 0 Å². The molecule has 0 aliphatic carbocycles. The average molecular weight is 476 g/mol. The molecule has 1 heterocycles. The Balaban J connectivity index is 2.26. The van der Waals surface area contributed by atoms with Gasteiger partial charge in [-0.25, -0.2) is 0 Å². The van der Waals surface area contributed by atoms with Crippen LogP contribution in [0.15, 0.2) is 31.7 Å². The molecule has 6 heteroatoms. The number of rotatable bonds is 13. The van der Waals surface area contributed by atoms with Crippen molar-refractivity contribution in [3.05, 3.63) is 21.9 Å². The van der Waals surface area contributed by atoms with Crippen LogP contribution in [-0.2, 0) is 4.79 Å². The number of carbonyl (C=O) groups is 1. The van der Waals surface area contributed by atoms with Gasteiger partial charge in [-0.1, -0.05) is 96.7 Å². The monoisotopic (exact) mass is 475 g/mol. The first kappa shape index (κ1) is 26.7. The first-order chi connectivity index (χ1) is 15.3. The molecule has 1 aliphatic rings. The number of unbranched alkanes of at least 4 members (excludes halogenated alkanes) is 6. The fourth-order valence-corrected chi connectivity index (χ4v) is 5.85. The molecule has 4 nitrogen and oxygen atoms in total. The molecule has 0 radical (unpaired) electrons. The van der Waals surface area contributed by atoms with Crippen molar-refractivity contribution in [3.8, 4) is 17.6 Å². The fraction of sp³-hybridized carbons (Fsp3) is 0.615. The van der Waals surface area contributed by atoms with Crippen LogP contribution in [0.5, 0.6) is 11.5 Å². The Morgan fingerprint density at radius 2 is 1.34 bits per heavy atom. The van der Waals surface area contributed by atoms with E-state index < -0.39 is 5.41 Å². The van der Waals surface area contributed by atoms with Crippen molar-refractivity contribution in [2.24, 2.45) is 5.41 Å². The summed E-state index contributed by atoms with van der Waals surface area (Å²) in [7, 11) is 0. The van der Waals surface area contributed by atoms with Crippen LogP contribution in [0.3, 0.4) is 0 Å². The molecule has 0 saturated heterocycles. The van der Waals surface area contributed by atoms with Crippen LogP contribution < -0.4 is 9.47 Å². The normalized spacial score (nSPS) is 12.9. The quantitative estimate of drug-likeness (QED) is 0.163. The molecule has 0 atom stereocenters. The van der Waals surface area contributed by atoms with Gasteiger partial charge in [-0.3, -0.25) is 4.79 Å². The number of benzene rings is 1. The molecule has 1 aliphatic heterocycles. The average Bonchev–Trinajstić information content (AvgIpc) is 3.19. The highest BCUT2D eigenvalue weighted by atomic mass is 32.2. The lowest BCUT2D eigenvalue weighted by atomic mass is 9.87. The van der Waals surface area contributed by atoms with E-state index in [-0.39, 0.29) is 11.4 Å². The molecule has 0 spiro atoms. The molecular weight excluding hydrogens is 438 g/mol. The molecule has 32 heavy (non-hydrogen) atoms. The van der Waals surface area contributed by atoms with Gasteiger partial charge in [-0.2, -0.15) is 5.26 Å². The van der Waals surface area contributed by atoms with Crippen LogP contribution in [-0.4, -0.2) is 19.0 Å². The van der Waals surface area contributed by atoms with E-state index in [4.69, 9.17) is 9.47 Å². The molecule has 0 saturated carbocycles. The minimum atomic E-state index is -0.606. The van der Waals surface area contributed by atoms with E-state index in [9.17, 15) is 10.1 Å². The zero-order valence-electron chi connectivity index (χ0n) is 20.2. The minimum absolute atomic E-state index is 0.133. The van der Waals surface area contributed by atoms with Gasteiger partial charge in [0.2, 0.25) is 0 Å². The number of thioether (sulfide) groups is 2. The number of ether oxygens (including phenoxy) is 2. The van der Waals surface area contributed by atoms with Crippen LogP contribution in [0.1, 0.15) is 86.0 Å². The predicted molar refractivity (Wildman–Crippen MR) is 135 cm³/mol. The Morgan fingerprint density at radius 3 is 1.72 bits per heavy atom. The molecule has 2 rings (SSSR count). The third-order valence-electron chi connectivity index (χ3n) is 5.16. The second-order valence-electron chi connectivity index (χ2n) is 9.10. The van der Waals surface area contributed by atoms with Gasteiger partial charge >= 0.3 is 0 Å². The van der Waals surface area contributed by atoms with Gasteiger partial charge in [0.15, 0.2) is 5.78 Å². The van der Waals surface area contributed by atoms with Crippen molar-refractivity contribution < 1.29 is 14.3 Å². The third kappa shape index (κ3) is 7.49. The number of carbonyl (C=O) groups excluding carboxylic acids is 1. The molecule has 0 fully saturated rings. The number of nitrogens with zero attached hydrogens (tertiary/aromatic N) is 1. The lowest BCUT2D eigenvalue weighted by Gasteiger charge is -2.16. The number of Topliss-reactive ketones (excluding diaryl/α,β-unsaturated/α-hetero) is 1. The van der Waals surface area contributed by atoms with E-state index in [1.807, 2.05) is 32.9 Å². The predicted octanol–water partition coefficient (Wildman–Crippen LogP) is 8.15. The molecule has 1 aromatic rings. The molecule has 0 amide bonds. The number of nitriles is 1. The van der Waals surface area contributed by atoms with Crippen LogP contribution in [0, 0.1) is 16.7 Å². The van der Waals surface area contributed by atoms with Crippen molar-refractivity contribution in [1.29, 1.82) is 5.26 Å². The smallest absolute Gasteiger partial charge is 0.180 e. The SMILES string of the molecule is CCCCCCOc1ccc(OCCCCCC)c2c1SC(=C(C#N)C(=O)C(C)(C)C)S2. The summed E-state index contributed by atoms with van der Waals surface area (Å²) in [5, 5.41) is 9.77. The minimum Gasteiger partial charge on any atom is -0.492 e. The van der Waals surface area contributed by atoms with Crippen molar-refractivity contribution in [3.63, 3.8) is 0 Å². The maximum absolute atomic E-state index is 12.9. The number of ketones is 1. The van der Waals surface area contributed by atoms with Gasteiger partial charge < -0.3 is 9.47 Å². The van der Waals surface area contributed by atoms with Gasteiger partial charge in [-0.15, -0.1) is 0 Å². The zero-order valence-corrected chi connectivity index (χ0v) is 21.8. The van der Waals surface area contributed by atoms with Crippen molar-refractivity contribution in [1.82, 2.24) is 0 Å². The first-order valence-corrected chi connectivity index (χ1v) is 13.4. The topological polar surface area (TPSA) is 59.3 Å². The highest BCUT2D eigenvalue weighted by Gasteiger charge is 2.33. The van der Waals surface area contributed by atoms with Crippen LogP contribution in [0.25, 0.3) is 0 Å². The largest absolute Gasteiger partial charge is 0.492 e. The zero-order chi connectivity index (χ0) is 23.6. The highest BCUT2D eigenvalue weighted by Crippen LogP contribution is 2.59. The lowest BCUT2D eigenvalue weighted by molar-refractivity contribution is -0.122. The molecular formula is C26H37NO3S2. The highest BCUT2D eigenvalue weighted by molar-refractivity contribution is 8.24. The number of hydrogen-bond donors (Lipinski definition) is 0. The van der Waals surface area contributed by atoms with Crippen LogP contribution in [0.4, 0.5) is 0 Å². The molecule has 0 bridgehead atoms. The van der Waals surface area contributed by atoms with Crippen LogP contribution >= 0.6 is 23.5 Å². The molecule has 0 aromatic heterocycles. The number of allylic oxidation sites excluding steroid dienone is 1. The van der Waals surface area contributed by atoms with E-state index in [0.29, 0.717) is 13.2 Å². The van der Waals surface area contributed by atoms with Crippen LogP contribution in [0.2, 0.25) is 0 Å². The van der Waals surface area contributed by atoms with E-state index in [1.165, 1.54) is 49.2 Å². The van der Waals surface area contributed by atoms with E-state index in [2.05, 4.69) is 19.9 Å². The number of fused-ring (bicyclic) bond motifs is 1. The second-order valence-corrected chi connectivity index (χ2v) is 11.4. The summed E-state index contributed by atoms with van der Waals surface area (Å²) in [5.74, 6) is 1.48. The summed E-state index contributed by atoms with van der Waals surface area (Å²) in [4.78, 5) is 14.8. The maximum atomic E-state index is 12.9. The Labute approximate surface area is 202 Å². The van der Waals surface area contributed by atoms with Gasteiger partial charge in [0.25, 0.3) is 0 Å². The summed E-state index contributed by atoms with van der Waals surface area (Å²) in [5.41, 5.74) is -0.378. The van der Waals surface area contributed by atoms with Crippen molar-refractivity contribution in [2.75, 3.05) is 13.2 Å². The van der Waals surface area contributed by atoms with E-state index in [0.717, 1.165) is 51.2 Å². The Hall–Kier alpha value is -1.58. The summed E-state index contributed by atoms with van der Waals surface area (Å²) in [6, 6.07) is 6.10. The summed E-state index contributed by atoms with van der Waals surface area (Å²) >= 11 is 2.93. The van der Waals surface area contributed by atoms with Crippen molar-refractivity contribution in [2.45, 2.75) is 95.8 Å². The third-order valence-corrected chi connectivity index (χ3v) is 7.79. The Kier molecular flexibility index (Phi) is 11.0. The lowest BCUT2D eigenvalue weighted by Crippen LogP contribution is -2.21. The fourth-order valence-electron chi connectivity index (χ4n) is 3.24. The molecule has 0 unspecified atom stereocenters. The first-order valence-electron chi connectivity index (χ1n) is 11.8. The number of hydrogen-bond acceptors (Lipinski definition) is 6. The summed E-state index contributed by atoms with van der Waals surface area (Å²) in [6.45, 7) is 11.3. The standard InChI is InChI=1S/C26H37NO3S2/c1-6-8-10-12-16-29-20-14-15-21(30-17-13-11-9-7-2)23-22(20)31-25(32-23)19(18-27)24(28)26(3,4)5/h14-15H,6-13,16-17H2,1-5H3.